The Kier molecular flexibility index (Phi) is 5.06. The molecule has 2 N–H and O–H groups in total. The molecule has 0 aliphatic carbocycles. The van der Waals surface area contributed by atoms with Gasteiger partial charge in [0.05, 0.1) is 6.10 Å². The van der Waals surface area contributed by atoms with Crippen LogP contribution in [0.2, 0.25) is 0 Å². The number of sulfonamides is 1. The van der Waals surface area contributed by atoms with E-state index in [-0.39, 0.29) is 11.4 Å². The van der Waals surface area contributed by atoms with Crippen LogP contribution in [0.4, 0.5) is 0 Å². The maximum atomic E-state index is 12.1. The van der Waals surface area contributed by atoms with Crippen molar-refractivity contribution in [3.63, 3.8) is 0 Å². The molecule has 2 rings (SSSR count). The van der Waals surface area contributed by atoms with Gasteiger partial charge in [-0.05, 0) is 31.0 Å². The molecule has 6 heteroatoms. The van der Waals surface area contributed by atoms with E-state index in [9.17, 15) is 13.5 Å². The third-order valence-electron chi connectivity index (χ3n) is 3.03. The quantitative estimate of drug-likeness (QED) is 0.854. The second kappa shape index (κ2) is 6.80. The lowest BCUT2D eigenvalue weighted by molar-refractivity contribution is 0.158. The summed E-state index contributed by atoms with van der Waals surface area (Å²) in [5, 5.41) is 10.1. The Balaban J connectivity index is 2.00. The maximum absolute atomic E-state index is 12.1. The lowest BCUT2D eigenvalue weighted by atomic mass is 10.0. The van der Waals surface area contributed by atoms with Crippen molar-refractivity contribution < 1.29 is 13.5 Å². The third kappa shape index (κ3) is 4.35. The molecule has 2 aromatic rings. The average molecular weight is 306 g/mol. The number of rotatable bonds is 6. The Morgan fingerprint density at radius 2 is 1.81 bits per heavy atom. The molecule has 5 nitrogen and oxygen atoms in total. The summed E-state index contributed by atoms with van der Waals surface area (Å²) >= 11 is 0. The van der Waals surface area contributed by atoms with E-state index < -0.39 is 22.2 Å². The topological polar surface area (TPSA) is 79.3 Å². The van der Waals surface area contributed by atoms with Crippen molar-refractivity contribution >= 4 is 10.0 Å². The highest BCUT2D eigenvalue weighted by molar-refractivity contribution is 7.89. The van der Waals surface area contributed by atoms with Crippen LogP contribution in [-0.4, -0.2) is 24.6 Å². The Bertz CT molecular complexity index is 660. The number of benzene rings is 1. The van der Waals surface area contributed by atoms with Crippen molar-refractivity contribution in [3.8, 4) is 0 Å². The first-order valence-electron chi connectivity index (χ1n) is 6.65. The van der Waals surface area contributed by atoms with Gasteiger partial charge in [0, 0.05) is 12.2 Å². The fourth-order valence-electron chi connectivity index (χ4n) is 2.03. The predicted octanol–water partition coefficient (Wildman–Crippen LogP) is 1.87. The minimum absolute atomic E-state index is 0.0222. The van der Waals surface area contributed by atoms with E-state index in [0.29, 0.717) is 0 Å². The first kappa shape index (κ1) is 15.6. The molecule has 2 atom stereocenters. The van der Waals surface area contributed by atoms with Crippen LogP contribution in [0.25, 0.3) is 0 Å². The molecule has 0 aliphatic heterocycles. The molecular weight excluding hydrogens is 288 g/mol. The Hall–Kier alpha value is -1.76. The van der Waals surface area contributed by atoms with E-state index in [1.807, 2.05) is 30.3 Å². The molecule has 0 spiro atoms. The molecule has 1 heterocycles. The van der Waals surface area contributed by atoms with Crippen LogP contribution in [-0.2, 0) is 10.0 Å². The van der Waals surface area contributed by atoms with E-state index in [1.54, 1.807) is 19.1 Å². The first-order chi connectivity index (χ1) is 9.99. The largest absolute Gasteiger partial charge is 0.388 e. The minimum Gasteiger partial charge on any atom is -0.388 e. The Labute approximate surface area is 124 Å². The molecule has 1 aromatic carbocycles. The number of hydrogen-bond donors (Lipinski definition) is 2. The number of nitrogens with one attached hydrogen (secondary N) is 1. The first-order valence-corrected chi connectivity index (χ1v) is 8.14. The van der Waals surface area contributed by atoms with Crippen LogP contribution in [0.15, 0.2) is 59.8 Å². The van der Waals surface area contributed by atoms with Crippen LogP contribution in [0.5, 0.6) is 0 Å². The zero-order chi connectivity index (χ0) is 15.3. The molecule has 0 radical (unpaired) electrons. The zero-order valence-corrected chi connectivity index (χ0v) is 12.5. The van der Waals surface area contributed by atoms with Gasteiger partial charge in [-0.2, -0.15) is 0 Å². The van der Waals surface area contributed by atoms with Crippen LogP contribution in [0.3, 0.4) is 0 Å². The average Bonchev–Trinajstić information content (AvgIpc) is 2.48. The summed E-state index contributed by atoms with van der Waals surface area (Å²) in [5.74, 6) is 0. The highest BCUT2D eigenvalue weighted by Crippen LogP contribution is 2.18. The number of nitrogens with zero attached hydrogens (tertiary/aromatic N) is 1. The van der Waals surface area contributed by atoms with Crippen molar-refractivity contribution in [2.24, 2.45) is 0 Å². The van der Waals surface area contributed by atoms with Gasteiger partial charge in [-0.25, -0.2) is 18.1 Å². The van der Waals surface area contributed by atoms with Gasteiger partial charge in [0.2, 0.25) is 0 Å². The van der Waals surface area contributed by atoms with E-state index in [1.165, 1.54) is 12.3 Å². The SMILES string of the molecule is CC(CC(O)c1ccccc1)NS(=O)(=O)c1ccccn1. The summed E-state index contributed by atoms with van der Waals surface area (Å²) in [7, 11) is -3.66. The number of aliphatic hydroxyl groups is 1. The van der Waals surface area contributed by atoms with Crippen molar-refractivity contribution in [2.45, 2.75) is 30.5 Å². The smallest absolute Gasteiger partial charge is 0.258 e. The van der Waals surface area contributed by atoms with E-state index >= 15 is 0 Å². The Morgan fingerprint density at radius 1 is 1.14 bits per heavy atom. The van der Waals surface area contributed by atoms with E-state index in [2.05, 4.69) is 9.71 Å². The fraction of sp³-hybridized carbons (Fsp3) is 0.267. The summed E-state index contributed by atoms with van der Waals surface area (Å²) in [6.45, 7) is 1.71. The van der Waals surface area contributed by atoms with Crippen molar-refractivity contribution in [1.29, 1.82) is 0 Å². The molecule has 112 valence electrons. The second-order valence-electron chi connectivity index (χ2n) is 4.85. The van der Waals surface area contributed by atoms with Crippen LogP contribution < -0.4 is 4.72 Å². The molecule has 2 unspecified atom stereocenters. The van der Waals surface area contributed by atoms with Gasteiger partial charge in [-0.1, -0.05) is 36.4 Å². The van der Waals surface area contributed by atoms with Crippen LogP contribution in [0, 0.1) is 0 Å². The summed E-state index contributed by atoms with van der Waals surface area (Å²) in [6, 6.07) is 13.4. The van der Waals surface area contributed by atoms with Crippen LogP contribution in [0.1, 0.15) is 25.0 Å². The summed E-state index contributed by atoms with van der Waals surface area (Å²) in [6.07, 6.45) is 1.00. The van der Waals surface area contributed by atoms with E-state index in [4.69, 9.17) is 0 Å². The summed E-state index contributed by atoms with van der Waals surface area (Å²) < 4.78 is 26.7. The molecule has 0 amide bonds. The lowest BCUT2D eigenvalue weighted by Gasteiger charge is -2.18. The number of aliphatic hydroxyl groups excluding tert-OH is 1. The summed E-state index contributed by atoms with van der Waals surface area (Å²) in [5.41, 5.74) is 0.765. The van der Waals surface area contributed by atoms with Crippen molar-refractivity contribution in [1.82, 2.24) is 9.71 Å². The van der Waals surface area contributed by atoms with Crippen molar-refractivity contribution in [2.75, 3.05) is 0 Å². The molecule has 0 bridgehead atoms. The van der Waals surface area contributed by atoms with Crippen molar-refractivity contribution in [3.05, 3.63) is 60.3 Å². The van der Waals surface area contributed by atoms with Gasteiger partial charge in [-0.15, -0.1) is 0 Å². The highest BCUT2D eigenvalue weighted by Gasteiger charge is 2.20. The van der Waals surface area contributed by atoms with Gasteiger partial charge in [0.1, 0.15) is 0 Å². The monoisotopic (exact) mass is 306 g/mol. The summed E-state index contributed by atoms with van der Waals surface area (Å²) in [4.78, 5) is 3.83. The number of hydrogen-bond acceptors (Lipinski definition) is 4. The Morgan fingerprint density at radius 3 is 2.43 bits per heavy atom. The molecule has 1 aromatic heterocycles. The fourth-order valence-corrected chi connectivity index (χ4v) is 3.23. The zero-order valence-electron chi connectivity index (χ0n) is 11.7. The second-order valence-corrected chi connectivity index (χ2v) is 6.51. The highest BCUT2D eigenvalue weighted by atomic mass is 32.2. The van der Waals surface area contributed by atoms with Gasteiger partial charge < -0.3 is 5.11 Å². The normalized spacial score (nSPS) is 14.6. The number of pyridine rings is 1. The molecule has 0 saturated heterocycles. The molecule has 0 saturated carbocycles. The molecular formula is C15H18N2O3S. The van der Waals surface area contributed by atoms with Gasteiger partial charge in [-0.3, -0.25) is 0 Å². The van der Waals surface area contributed by atoms with Gasteiger partial charge in [0.15, 0.2) is 5.03 Å². The lowest BCUT2D eigenvalue weighted by Crippen LogP contribution is -2.34. The predicted molar refractivity (Wildman–Crippen MR) is 80.0 cm³/mol. The maximum Gasteiger partial charge on any atom is 0.258 e. The van der Waals surface area contributed by atoms with Gasteiger partial charge in [0.25, 0.3) is 10.0 Å². The molecule has 21 heavy (non-hydrogen) atoms. The van der Waals surface area contributed by atoms with Crippen LogP contribution >= 0.6 is 0 Å². The molecule has 0 aliphatic rings. The van der Waals surface area contributed by atoms with Gasteiger partial charge >= 0.3 is 0 Å². The third-order valence-corrected chi connectivity index (χ3v) is 4.54. The van der Waals surface area contributed by atoms with E-state index in [0.717, 1.165) is 5.56 Å². The number of aromatic nitrogens is 1. The standard InChI is InChI=1S/C15H18N2O3S/c1-12(11-14(18)13-7-3-2-4-8-13)17-21(19,20)15-9-5-6-10-16-15/h2-10,12,14,17-18H,11H2,1H3. The molecule has 0 fully saturated rings. The minimum atomic E-state index is -3.66.